The average Bonchev–Trinajstić information content (AvgIpc) is 3.68. The first-order chi connectivity index (χ1) is 28.5. The van der Waals surface area contributed by atoms with Crippen molar-refractivity contribution in [3.63, 3.8) is 0 Å². The van der Waals surface area contributed by atoms with Gasteiger partial charge >= 0.3 is 0 Å². The molecule has 59 heavy (non-hydrogen) atoms. The van der Waals surface area contributed by atoms with Crippen LogP contribution >= 0.6 is 31.9 Å². The number of hydrogen-bond donors (Lipinski definition) is 1. The van der Waals surface area contributed by atoms with Crippen LogP contribution in [0, 0.1) is 0 Å². The molecule has 14 nitrogen and oxygen atoms in total. The minimum Gasteiger partial charge on any atom is -0.481 e. The van der Waals surface area contributed by atoms with E-state index in [9.17, 15) is 5.11 Å². The maximum absolute atomic E-state index is 10.1. The summed E-state index contributed by atoms with van der Waals surface area (Å²) < 4.78 is 31.5. The minimum atomic E-state index is -0.910. The molecule has 1 N–H and O–H groups in total. The third-order valence-electron chi connectivity index (χ3n) is 10.7. The van der Waals surface area contributed by atoms with Gasteiger partial charge in [-0.25, -0.2) is 9.97 Å². The molecule has 302 valence electrons. The number of aliphatic hydroxyl groups excluding tert-OH is 1. The smallest absolute Gasteiger partial charge is 0.220 e. The highest BCUT2D eigenvalue weighted by molar-refractivity contribution is 9.10. The molecule has 0 saturated heterocycles. The summed E-state index contributed by atoms with van der Waals surface area (Å²) in [5.41, 5.74) is 25.0. The van der Waals surface area contributed by atoms with Crippen LogP contribution < -0.4 is 9.47 Å². The van der Waals surface area contributed by atoms with Crippen molar-refractivity contribution in [1.29, 1.82) is 0 Å². The van der Waals surface area contributed by atoms with Crippen LogP contribution in [-0.4, -0.2) is 74.9 Å². The van der Waals surface area contributed by atoms with Gasteiger partial charge < -0.3 is 28.8 Å². The molecule has 4 aromatic carbocycles. The molecule has 2 heterocycles. The maximum Gasteiger partial charge on any atom is 0.220 e. The summed E-state index contributed by atoms with van der Waals surface area (Å²) in [6.45, 7) is 4.36. The van der Waals surface area contributed by atoms with Crippen molar-refractivity contribution in [2.24, 2.45) is 10.2 Å². The second-order valence-corrected chi connectivity index (χ2v) is 16.0. The number of rotatable bonds is 13. The van der Waals surface area contributed by atoms with E-state index in [1.54, 1.807) is 21.3 Å². The zero-order valence-corrected chi connectivity index (χ0v) is 36.1. The summed E-state index contributed by atoms with van der Waals surface area (Å²) in [5, 5.41) is 19.2. The zero-order chi connectivity index (χ0) is 41.9. The molecule has 8 rings (SSSR count). The molecule has 16 heteroatoms. The molecule has 2 aliphatic rings. The van der Waals surface area contributed by atoms with Gasteiger partial charge in [0, 0.05) is 47.8 Å². The molecule has 0 spiro atoms. The van der Waals surface area contributed by atoms with Crippen LogP contribution in [0.2, 0.25) is 0 Å². The molecule has 0 amide bonds. The van der Waals surface area contributed by atoms with Crippen LogP contribution in [0.1, 0.15) is 36.1 Å². The van der Waals surface area contributed by atoms with Crippen LogP contribution in [-0.2, 0) is 25.4 Å². The Balaban J connectivity index is 0.000000179. The molecular weight excluding hydrogens is 884 g/mol. The predicted octanol–water partition coefficient (Wildman–Crippen LogP) is 10.5. The fourth-order valence-electron chi connectivity index (χ4n) is 8.00. The van der Waals surface area contributed by atoms with Crippen LogP contribution in [0.4, 0.5) is 0 Å². The minimum absolute atomic E-state index is 0.00295. The molecule has 2 aromatic heterocycles. The largest absolute Gasteiger partial charge is 0.481 e. The van der Waals surface area contributed by atoms with Crippen molar-refractivity contribution in [3.05, 3.63) is 137 Å². The Kier molecular flexibility index (Phi) is 12.4. The number of fused-ring (bicyclic) bond motifs is 10. The Labute approximate surface area is 357 Å². The maximum atomic E-state index is 10.1. The van der Waals surface area contributed by atoms with Gasteiger partial charge in [-0.3, -0.25) is 0 Å². The van der Waals surface area contributed by atoms with E-state index in [0.717, 1.165) is 75.3 Å². The lowest BCUT2D eigenvalue weighted by atomic mass is 9.93. The van der Waals surface area contributed by atoms with Crippen molar-refractivity contribution < 1.29 is 28.8 Å². The van der Waals surface area contributed by atoms with E-state index in [4.69, 9.17) is 44.7 Å². The molecule has 0 saturated carbocycles. The Morgan fingerprint density at radius 3 is 1.59 bits per heavy atom. The fourth-order valence-corrected chi connectivity index (χ4v) is 8.72. The Hall–Kier alpha value is -5.28. The molecule has 2 aliphatic carbocycles. The Morgan fingerprint density at radius 1 is 0.678 bits per heavy atom. The number of aliphatic hydroxyl groups is 1. The van der Waals surface area contributed by atoms with E-state index in [2.05, 4.69) is 76.2 Å². The van der Waals surface area contributed by atoms with Crippen molar-refractivity contribution >= 4 is 53.7 Å². The SMILES string of the molecule is COc1nc2ccc(Br)cc2c2c1C(C)(OCC(CN=[N+]=[N-])OC)c1ccccc1-2.COc1nc2ccc(Br)cc2c2c1C(C)(OCC(O)CN=[N+]=[N-])c1ccccc1-2. The van der Waals surface area contributed by atoms with Crippen LogP contribution in [0.3, 0.4) is 0 Å². The highest BCUT2D eigenvalue weighted by Gasteiger charge is 2.46. The van der Waals surface area contributed by atoms with E-state index in [0.29, 0.717) is 11.8 Å². The molecule has 4 atom stereocenters. The Morgan fingerprint density at radius 2 is 1.14 bits per heavy atom. The van der Waals surface area contributed by atoms with Crippen molar-refractivity contribution in [1.82, 2.24) is 9.97 Å². The highest BCUT2D eigenvalue weighted by Crippen LogP contribution is 2.56. The fraction of sp³-hybridized carbons (Fsp3) is 0.302. The second kappa shape index (κ2) is 17.5. The lowest BCUT2D eigenvalue weighted by molar-refractivity contribution is -0.0578. The normalized spacial score (nSPS) is 18.0. The first-order valence-corrected chi connectivity index (χ1v) is 20.2. The number of pyridine rings is 2. The molecule has 0 aliphatic heterocycles. The van der Waals surface area contributed by atoms with Gasteiger partial charge in [-0.1, -0.05) is 90.6 Å². The number of ether oxygens (including phenoxy) is 5. The quantitative estimate of drug-likeness (QED) is 0.0672. The average molecular weight is 925 g/mol. The topological polar surface area (TPSA) is 190 Å². The standard InChI is InChI=1S/C22H21BrN4O3.C21H19BrN4O3/c1-22(30-12-14(28-2)11-25-27-24)17-7-5-4-6-15(17)19-16-10-13(23)8-9-18(16)26-21(29-3)20(19)22;1-21(29-11-13(27)10-24-26-23)16-6-4-3-5-14(16)18-15-9-12(22)7-8-17(15)25-20(28-2)19(18)21/h4-10,14H,11-12H2,1-3H3;3-9,13,27H,10-11H2,1-2H3. The van der Waals surface area contributed by atoms with E-state index < -0.39 is 17.3 Å². The van der Waals surface area contributed by atoms with Gasteiger partial charge in [-0.2, -0.15) is 0 Å². The number of azide groups is 2. The molecular formula is C43H40Br2N8O6. The summed E-state index contributed by atoms with van der Waals surface area (Å²) in [7, 11) is 4.79. The van der Waals surface area contributed by atoms with Gasteiger partial charge in [0.2, 0.25) is 11.8 Å². The summed E-state index contributed by atoms with van der Waals surface area (Å²) in [6.07, 6.45) is -1.27. The van der Waals surface area contributed by atoms with Crippen LogP contribution in [0.15, 0.2) is 104 Å². The van der Waals surface area contributed by atoms with Gasteiger partial charge in [0.15, 0.2) is 0 Å². The number of benzene rings is 4. The van der Waals surface area contributed by atoms with Gasteiger partial charge in [0.05, 0.1) is 74.9 Å². The van der Waals surface area contributed by atoms with E-state index in [1.807, 2.05) is 74.5 Å². The highest BCUT2D eigenvalue weighted by atomic mass is 79.9. The van der Waals surface area contributed by atoms with Crippen LogP contribution in [0.25, 0.3) is 64.9 Å². The van der Waals surface area contributed by atoms with E-state index >= 15 is 0 Å². The number of halogens is 2. The van der Waals surface area contributed by atoms with Crippen molar-refractivity contribution in [2.75, 3.05) is 47.6 Å². The lowest BCUT2D eigenvalue weighted by Crippen LogP contribution is -2.32. The molecule has 0 bridgehead atoms. The molecule has 0 fully saturated rings. The number of nitrogens with zero attached hydrogens (tertiary/aromatic N) is 8. The predicted molar refractivity (Wildman–Crippen MR) is 233 cm³/mol. The summed E-state index contributed by atoms with van der Waals surface area (Å²) >= 11 is 7.14. The summed E-state index contributed by atoms with van der Waals surface area (Å²) in [6, 6.07) is 28.1. The zero-order valence-electron chi connectivity index (χ0n) is 32.9. The van der Waals surface area contributed by atoms with Crippen LogP contribution in [0.5, 0.6) is 11.8 Å². The lowest BCUT2D eigenvalue weighted by Gasteiger charge is -2.30. The van der Waals surface area contributed by atoms with Gasteiger partial charge in [-0.05, 0) is 83.6 Å². The third kappa shape index (κ3) is 7.70. The second-order valence-electron chi connectivity index (χ2n) is 14.2. The first-order valence-electron chi connectivity index (χ1n) is 18.6. The van der Waals surface area contributed by atoms with Gasteiger partial charge in [0.1, 0.15) is 11.2 Å². The molecule has 4 unspecified atom stereocenters. The van der Waals surface area contributed by atoms with Crippen molar-refractivity contribution in [3.8, 4) is 34.0 Å². The van der Waals surface area contributed by atoms with Crippen molar-refractivity contribution in [2.45, 2.75) is 37.3 Å². The number of aromatic nitrogens is 2. The number of methoxy groups -OCH3 is 3. The number of hydrogen-bond acceptors (Lipinski definition) is 10. The Bertz CT molecular complexity index is 2670. The molecule has 6 aromatic rings. The molecule has 0 radical (unpaired) electrons. The summed E-state index contributed by atoms with van der Waals surface area (Å²) in [5.74, 6) is 1.01. The van der Waals surface area contributed by atoms with Gasteiger partial charge in [0.25, 0.3) is 0 Å². The monoisotopic (exact) mass is 922 g/mol. The van der Waals surface area contributed by atoms with Gasteiger partial charge in [-0.15, -0.1) is 0 Å². The van der Waals surface area contributed by atoms with E-state index in [1.165, 1.54) is 0 Å². The van der Waals surface area contributed by atoms with E-state index in [-0.39, 0.29) is 32.4 Å². The third-order valence-corrected chi connectivity index (χ3v) is 11.7. The first kappa shape index (κ1) is 41.9. The summed E-state index contributed by atoms with van der Waals surface area (Å²) in [4.78, 5) is 15.0.